The van der Waals surface area contributed by atoms with Gasteiger partial charge in [-0.05, 0) is 43.5 Å². The summed E-state index contributed by atoms with van der Waals surface area (Å²) in [5.74, 6) is 0.915. The van der Waals surface area contributed by atoms with Gasteiger partial charge in [-0.25, -0.2) is 0 Å². The molecular formula is C30H33NO3. The Morgan fingerprint density at radius 2 is 1.71 bits per heavy atom. The van der Waals surface area contributed by atoms with Crippen molar-refractivity contribution in [1.82, 2.24) is 4.57 Å². The topological polar surface area (TPSA) is 51.5 Å². The molecule has 0 unspecified atom stereocenters. The summed E-state index contributed by atoms with van der Waals surface area (Å²) in [5, 5.41) is 11.8. The molecule has 0 aliphatic rings. The minimum atomic E-state index is -0.0459. The van der Waals surface area contributed by atoms with E-state index < -0.39 is 0 Å². The second-order valence-corrected chi connectivity index (χ2v) is 9.16. The normalized spacial score (nSPS) is 11.3. The highest BCUT2D eigenvalue weighted by Gasteiger charge is 2.15. The van der Waals surface area contributed by atoms with E-state index in [1.165, 1.54) is 22.2 Å². The van der Waals surface area contributed by atoms with Crippen LogP contribution in [0.1, 0.15) is 37.8 Å². The van der Waals surface area contributed by atoms with Crippen LogP contribution < -0.4 is 4.74 Å². The van der Waals surface area contributed by atoms with Crippen LogP contribution in [0.2, 0.25) is 0 Å². The Bertz CT molecular complexity index is 1270. The fourth-order valence-corrected chi connectivity index (χ4v) is 4.28. The molecule has 0 amide bonds. The third-order valence-electron chi connectivity index (χ3n) is 6.39. The number of carbonyl (C=O) groups excluding carboxylic acids is 1. The Morgan fingerprint density at radius 1 is 0.971 bits per heavy atom. The summed E-state index contributed by atoms with van der Waals surface area (Å²) in [6, 6.07) is 24.9. The Hall–Kier alpha value is -3.53. The van der Waals surface area contributed by atoms with Gasteiger partial charge >= 0.3 is 0 Å². The van der Waals surface area contributed by atoms with Crippen LogP contribution in [0.3, 0.4) is 0 Å². The van der Waals surface area contributed by atoms with E-state index in [4.69, 9.17) is 4.74 Å². The second-order valence-electron chi connectivity index (χ2n) is 9.16. The van der Waals surface area contributed by atoms with Crippen molar-refractivity contribution < 1.29 is 14.6 Å². The molecule has 4 aromatic rings. The van der Waals surface area contributed by atoms with Crippen LogP contribution in [0.5, 0.6) is 11.5 Å². The number of phenolic OH excluding ortho intramolecular Hbond substituents is 1. The van der Waals surface area contributed by atoms with Gasteiger partial charge in [0.05, 0.1) is 6.61 Å². The molecule has 34 heavy (non-hydrogen) atoms. The van der Waals surface area contributed by atoms with E-state index in [9.17, 15) is 9.90 Å². The average Bonchev–Trinajstić information content (AvgIpc) is 3.22. The number of rotatable bonds is 10. The molecule has 0 bridgehead atoms. The predicted octanol–water partition coefficient (Wildman–Crippen LogP) is 6.95. The zero-order chi connectivity index (χ0) is 24.1. The molecule has 0 atom stereocenters. The Balaban J connectivity index is 1.38. The quantitative estimate of drug-likeness (QED) is 0.263. The number of nitrogens with zero attached hydrogens (tertiary/aromatic N) is 1. The van der Waals surface area contributed by atoms with Crippen molar-refractivity contribution >= 4 is 16.7 Å². The molecule has 0 saturated carbocycles. The lowest BCUT2D eigenvalue weighted by Crippen LogP contribution is -2.10. The molecular weight excluding hydrogens is 422 g/mol. The van der Waals surface area contributed by atoms with Crippen LogP contribution in [0.4, 0.5) is 0 Å². The molecule has 1 aromatic heterocycles. The van der Waals surface area contributed by atoms with E-state index in [0.29, 0.717) is 23.5 Å². The minimum Gasteiger partial charge on any atom is -0.507 e. The first-order valence-corrected chi connectivity index (χ1v) is 12.1. The number of unbranched alkanes of at least 4 members (excludes halogenated alkanes) is 1. The van der Waals surface area contributed by atoms with Crippen LogP contribution in [0, 0.1) is 12.8 Å². The lowest BCUT2D eigenvalue weighted by molar-refractivity contribution is -0.121. The van der Waals surface area contributed by atoms with Gasteiger partial charge in [-0.1, -0.05) is 68.4 Å². The van der Waals surface area contributed by atoms with Crippen LogP contribution in [-0.2, 0) is 17.8 Å². The van der Waals surface area contributed by atoms with Gasteiger partial charge in [-0.3, -0.25) is 4.79 Å². The van der Waals surface area contributed by atoms with Crippen molar-refractivity contribution in [3.63, 3.8) is 0 Å². The maximum atomic E-state index is 12.1. The fourth-order valence-electron chi connectivity index (χ4n) is 4.28. The third kappa shape index (κ3) is 5.17. The van der Waals surface area contributed by atoms with Gasteiger partial charge in [-0.2, -0.15) is 0 Å². The first kappa shape index (κ1) is 23.6. The maximum Gasteiger partial charge on any atom is 0.139 e. The molecule has 4 heteroatoms. The number of benzene rings is 3. The zero-order valence-electron chi connectivity index (χ0n) is 20.3. The molecule has 4 rings (SSSR count). The lowest BCUT2D eigenvalue weighted by Gasteiger charge is -2.14. The second kappa shape index (κ2) is 10.6. The number of para-hydroxylation sites is 1. The van der Waals surface area contributed by atoms with Gasteiger partial charge in [0.25, 0.3) is 0 Å². The van der Waals surface area contributed by atoms with Gasteiger partial charge in [-0.15, -0.1) is 0 Å². The molecule has 0 aliphatic carbocycles. The number of phenols is 1. The minimum absolute atomic E-state index is 0.0459. The van der Waals surface area contributed by atoms with Gasteiger partial charge < -0.3 is 14.4 Å². The van der Waals surface area contributed by atoms with E-state index in [1.807, 2.05) is 32.9 Å². The summed E-state index contributed by atoms with van der Waals surface area (Å²) in [6.45, 7) is 7.07. The van der Waals surface area contributed by atoms with E-state index in [-0.39, 0.29) is 23.9 Å². The van der Waals surface area contributed by atoms with Crippen LogP contribution in [0.15, 0.2) is 72.8 Å². The van der Waals surface area contributed by atoms with Gasteiger partial charge in [0.2, 0.25) is 0 Å². The average molecular weight is 456 g/mol. The Labute approximate surface area is 201 Å². The number of fused-ring (bicyclic) bond motifs is 1. The number of hydrogen-bond donors (Lipinski definition) is 1. The molecule has 1 N–H and O–H groups in total. The lowest BCUT2D eigenvalue weighted by atomic mass is 9.98. The van der Waals surface area contributed by atoms with Crippen molar-refractivity contribution in [2.75, 3.05) is 6.61 Å². The number of ketones is 1. The number of aromatic hydroxyl groups is 1. The summed E-state index contributed by atoms with van der Waals surface area (Å²) in [4.78, 5) is 12.1. The van der Waals surface area contributed by atoms with Gasteiger partial charge in [0, 0.05) is 46.6 Å². The Morgan fingerprint density at radius 3 is 2.47 bits per heavy atom. The molecule has 0 fully saturated rings. The highest BCUT2D eigenvalue weighted by molar-refractivity contribution is 5.87. The molecule has 3 aromatic carbocycles. The van der Waals surface area contributed by atoms with Crippen LogP contribution in [-0.4, -0.2) is 22.1 Å². The van der Waals surface area contributed by atoms with E-state index in [2.05, 4.69) is 59.2 Å². The van der Waals surface area contributed by atoms with Gasteiger partial charge in [0.1, 0.15) is 17.3 Å². The molecule has 0 spiro atoms. The fraction of sp³-hybridized carbons (Fsp3) is 0.300. The van der Waals surface area contributed by atoms with Gasteiger partial charge in [0.15, 0.2) is 0 Å². The molecule has 0 radical (unpaired) electrons. The van der Waals surface area contributed by atoms with E-state index in [1.54, 1.807) is 6.07 Å². The SMILES string of the molecule is Cc1c(OCCCCn2c(-c3ccccc3)cc3ccccc32)ccc(CC(=O)C(C)C)c1O. The zero-order valence-corrected chi connectivity index (χ0v) is 20.3. The number of aryl methyl sites for hydroxylation is 1. The highest BCUT2D eigenvalue weighted by atomic mass is 16.5. The molecule has 4 nitrogen and oxygen atoms in total. The first-order valence-electron chi connectivity index (χ1n) is 12.1. The van der Waals surface area contributed by atoms with Crippen LogP contribution >= 0.6 is 0 Å². The van der Waals surface area contributed by atoms with Crippen molar-refractivity contribution in [3.05, 3.63) is 83.9 Å². The summed E-state index contributed by atoms with van der Waals surface area (Å²) >= 11 is 0. The van der Waals surface area contributed by atoms with Crippen LogP contribution in [0.25, 0.3) is 22.2 Å². The van der Waals surface area contributed by atoms with Crippen molar-refractivity contribution in [1.29, 1.82) is 0 Å². The molecule has 0 saturated heterocycles. The monoisotopic (exact) mass is 455 g/mol. The molecule has 0 aliphatic heterocycles. The summed E-state index contributed by atoms with van der Waals surface area (Å²) in [5.41, 5.74) is 5.05. The summed E-state index contributed by atoms with van der Waals surface area (Å²) < 4.78 is 8.38. The van der Waals surface area contributed by atoms with E-state index in [0.717, 1.165) is 19.4 Å². The number of aromatic nitrogens is 1. The Kier molecular flexibility index (Phi) is 7.36. The smallest absolute Gasteiger partial charge is 0.139 e. The first-order chi connectivity index (χ1) is 16.5. The van der Waals surface area contributed by atoms with Crippen molar-refractivity contribution in [3.8, 4) is 22.8 Å². The predicted molar refractivity (Wildman–Crippen MR) is 138 cm³/mol. The number of hydrogen-bond acceptors (Lipinski definition) is 3. The molecule has 176 valence electrons. The standard InChI is InChI=1S/C30H33NO3/c1-21(2)28(32)20-25-15-16-29(22(3)30(25)33)34-18-10-9-17-31-26-14-8-7-13-24(26)19-27(31)23-11-5-4-6-12-23/h4-8,11-16,19,21,33H,9-10,17-18,20H2,1-3H3. The van der Waals surface area contributed by atoms with Crippen molar-refractivity contribution in [2.45, 2.75) is 46.6 Å². The van der Waals surface area contributed by atoms with E-state index >= 15 is 0 Å². The number of ether oxygens (including phenoxy) is 1. The highest BCUT2D eigenvalue weighted by Crippen LogP contribution is 2.32. The summed E-state index contributed by atoms with van der Waals surface area (Å²) in [7, 11) is 0. The summed E-state index contributed by atoms with van der Waals surface area (Å²) in [6.07, 6.45) is 2.12. The largest absolute Gasteiger partial charge is 0.507 e. The molecule has 1 heterocycles. The maximum absolute atomic E-state index is 12.1. The van der Waals surface area contributed by atoms with Crippen molar-refractivity contribution in [2.24, 2.45) is 5.92 Å². The number of Topliss-reactive ketones (excluding diaryl/α,β-unsaturated/α-hetero) is 1. The number of carbonyl (C=O) groups is 1. The third-order valence-corrected chi connectivity index (χ3v) is 6.39.